The second-order valence-corrected chi connectivity index (χ2v) is 4.85. The fourth-order valence-corrected chi connectivity index (χ4v) is 1.46. The Morgan fingerprint density at radius 3 is 2.53 bits per heavy atom. The van der Waals surface area contributed by atoms with Crippen LogP contribution < -0.4 is 10.5 Å². The molecule has 1 aromatic carbocycles. The Bertz CT molecular complexity index is 315. The van der Waals surface area contributed by atoms with E-state index in [2.05, 4.69) is 26.8 Å². The third-order valence-electron chi connectivity index (χ3n) is 2.46. The first-order chi connectivity index (χ1) is 6.95. The van der Waals surface area contributed by atoms with Crippen LogP contribution >= 0.6 is 0 Å². The molecule has 0 spiro atoms. The highest BCUT2D eigenvalue weighted by Crippen LogP contribution is 2.31. The lowest BCUT2D eigenvalue weighted by Crippen LogP contribution is -2.26. The van der Waals surface area contributed by atoms with Crippen LogP contribution in [-0.2, 0) is 0 Å². The lowest BCUT2D eigenvalue weighted by Gasteiger charge is -2.27. The Kier molecular flexibility index (Phi) is 3.75. The van der Waals surface area contributed by atoms with E-state index in [-0.39, 0.29) is 11.5 Å². The zero-order chi connectivity index (χ0) is 11.5. The van der Waals surface area contributed by atoms with Gasteiger partial charge in [-0.05, 0) is 30.0 Å². The van der Waals surface area contributed by atoms with Gasteiger partial charge < -0.3 is 10.5 Å². The molecule has 0 aliphatic rings. The van der Waals surface area contributed by atoms with Crippen LogP contribution in [0.2, 0.25) is 0 Å². The van der Waals surface area contributed by atoms with Crippen molar-refractivity contribution in [3.05, 3.63) is 29.8 Å². The van der Waals surface area contributed by atoms with E-state index in [0.29, 0.717) is 6.61 Å². The second-order valence-electron chi connectivity index (χ2n) is 4.85. The Hall–Kier alpha value is -1.02. The molecule has 0 saturated carbocycles. The largest absolute Gasteiger partial charge is 0.494 e. The minimum atomic E-state index is 0.0397. The zero-order valence-electron chi connectivity index (χ0n) is 10.1. The van der Waals surface area contributed by atoms with E-state index in [1.165, 1.54) is 0 Å². The molecule has 84 valence electrons. The van der Waals surface area contributed by atoms with Gasteiger partial charge in [0.25, 0.3) is 0 Å². The van der Waals surface area contributed by atoms with Crippen molar-refractivity contribution in [2.24, 2.45) is 11.1 Å². The highest BCUT2D eigenvalue weighted by Gasteiger charge is 2.22. The van der Waals surface area contributed by atoms with Gasteiger partial charge in [-0.3, -0.25) is 0 Å². The highest BCUT2D eigenvalue weighted by atomic mass is 16.5. The first-order valence-corrected chi connectivity index (χ1v) is 5.43. The molecule has 0 saturated heterocycles. The summed E-state index contributed by atoms with van der Waals surface area (Å²) < 4.78 is 5.45. The first-order valence-electron chi connectivity index (χ1n) is 5.43. The standard InChI is InChI=1S/C13H21NO/c1-5-15-11-8-6-7-10(9-11)12(14)13(2,3)4/h6-9,12H,5,14H2,1-4H3. The van der Waals surface area contributed by atoms with Crippen LogP contribution in [0.4, 0.5) is 0 Å². The van der Waals surface area contributed by atoms with E-state index in [4.69, 9.17) is 10.5 Å². The summed E-state index contributed by atoms with van der Waals surface area (Å²) in [6.07, 6.45) is 0. The number of nitrogens with two attached hydrogens (primary N) is 1. The summed E-state index contributed by atoms with van der Waals surface area (Å²) in [4.78, 5) is 0. The number of ether oxygens (including phenoxy) is 1. The molecular formula is C13H21NO. The minimum absolute atomic E-state index is 0.0397. The average Bonchev–Trinajstić information content (AvgIpc) is 2.16. The van der Waals surface area contributed by atoms with E-state index < -0.39 is 0 Å². The molecule has 0 heterocycles. The molecule has 0 amide bonds. The van der Waals surface area contributed by atoms with Crippen molar-refractivity contribution >= 4 is 0 Å². The maximum absolute atomic E-state index is 6.18. The van der Waals surface area contributed by atoms with E-state index >= 15 is 0 Å². The average molecular weight is 207 g/mol. The van der Waals surface area contributed by atoms with Crippen LogP contribution in [0.3, 0.4) is 0 Å². The molecule has 0 bridgehead atoms. The Labute approximate surface area is 92.4 Å². The minimum Gasteiger partial charge on any atom is -0.494 e. The molecule has 2 nitrogen and oxygen atoms in total. The Balaban J connectivity index is 2.90. The zero-order valence-corrected chi connectivity index (χ0v) is 10.1. The number of benzene rings is 1. The van der Waals surface area contributed by atoms with Crippen molar-refractivity contribution in [3.8, 4) is 5.75 Å². The molecule has 0 aliphatic carbocycles. The molecule has 0 aromatic heterocycles. The van der Waals surface area contributed by atoms with Crippen molar-refractivity contribution in [3.63, 3.8) is 0 Å². The lowest BCUT2D eigenvalue weighted by molar-refractivity contribution is 0.321. The van der Waals surface area contributed by atoms with Crippen molar-refractivity contribution < 1.29 is 4.74 Å². The summed E-state index contributed by atoms with van der Waals surface area (Å²) in [5, 5.41) is 0. The van der Waals surface area contributed by atoms with Gasteiger partial charge in [-0.1, -0.05) is 32.9 Å². The van der Waals surface area contributed by atoms with Gasteiger partial charge in [0.1, 0.15) is 5.75 Å². The summed E-state index contributed by atoms with van der Waals surface area (Å²) >= 11 is 0. The van der Waals surface area contributed by atoms with E-state index in [1.54, 1.807) is 0 Å². The lowest BCUT2D eigenvalue weighted by atomic mass is 9.83. The van der Waals surface area contributed by atoms with Crippen molar-refractivity contribution in [1.29, 1.82) is 0 Å². The Morgan fingerprint density at radius 1 is 1.33 bits per heavy atom. The van der Waals surface area contributed by atoms with Crippen LogP contribution in [0.1, 0.15) is 39.3 Å². The van der Waals surface area contributed by atoms with Crippen molar-refractivity contribution in [2.75, 3.05) is 6.61 Å². The quantitative estimate of drug-likeness (QED) is 0.826. The SMILES string of the molecule is CCOc1cccc(C(N)C(C)(C)C)c1. The number of hydrogen-bond donors (Lipinski definition) is 1. The van der Waals surface area contributed by atoms with Gasteiger partial charge in [0.05, 0.1) is 6.61 Å². The van der Waals surface area contributed by atoms with Crippen molar-refractivity contribution in [1.82, 2.24) is 0 Å². The fraction of sp³-hybridized carbons (Fsp3) is 0.538. The molecule has 1 rings (SSSR count). The molecule has 0 fully saturated rings. The van der Waals surface area contributed by atoms with Gasteiger partial charge in [-0.15, -0.1) is 0 Å². The highest BCUT2D eigenvalue weighted by molar-refractivity contribution is 5.31. The van der Waals surface area contributed by atoms with Crippen molar-refractivity contribution in [2.45, 2.75) is 33.7 Å². The van der Waals surface area contributed by atoms with E-state index in [0.717, 1.165) is 11.3 Å². The maximum atomic E-state index is 6.18. The molecule has 1 aromatic rings. The second kappa shape index (κ2) is 4.67. The van der Waals surface area contributed by atoms with Crippen LogP contribution in [-0.4, -0.2) is 6.61 Å². The predicted octanol–water partition coefficient (Wildman–Crippen LogP) is 3.13. The summed E-state index contributed by atoms with van der Waals surface area (Å²) in [6, 6.07) is 8.07. The topological polar surface area (TPSA) is 35.2 Å². The molecule has 2 heteroatoms. The van der Waals surface area contributed by atoms with Gasteiger partial charge in [0.15, 0.2) is 0 Å². The summed E-state index contributed by atoms with van der Waals surface area (Å²) in [5.41, 5.74) is 7.39. The number of hydrogen-bond acceptors (Lipinski definition) is 2. The molecule has 1 unspecified atom stereocenters. The Morgan fingerprint density at radius 2 is 2.00 bits per heavy atom. The molecule has 0 radical (unpaired) electrons. The van der Waals surface area contributed by atoms with Crippen LogP contribution in [0.15, 0.2) is 24.3 Å². The summed E-state index contributed by atoms with van der Waals surface area (Å²) in [6.45, 7) is 9.10. The van der Waals surface area contributed by atoms with Crippen LogP contribution in [0, 0.1) is 5.41 Å². The molecular weight excluding hydrogens is 186 g/mol. The summed E-state index contributed by atoms with van der Waals surface area (Å²) in [5.74, 6) is 0.898. The maximum Gasteiger partial charge on any atom is 0.119 e. The predicted molar refractivity (Wildman–Crippen MR) is 64.0 cm³/mol. The van der Waals surface area contributed by atoms with Crippen LogP contribution in [0.25, 0.3) is 0 Å². The van der Waals surface area contributed by atoms with Gasteiger partial charge in [-0.25, -0.2) is 0 Å². The molecule has 2 N–H and O–H groups in total. The molecule has 0 aliphatic heterocycles. The fourth-order valence-electron chi connectivity index (χ4n) is 1.46. The normalized spacial score (nSPS) is 13.7. The van der Waals surface area contributed by atoms with Gasteiger partial charge in [0, 0.05) is 6.04 Å². The molecule has 15 heavy (non-hydrogen) atoms. The van der Waals surface area contributed by atoms with Gasteiger partial charge >= 0.3 is 0 Å². The smallest absolute Gasteiger partial charge is 0.119 e. The third kappa shape index (κ3) is 3.24. The van der Waals surface area contributed by atoms with E-state index in [9.17, 15) is 0 Å². The van der Waals surface area contributed by atoms with E-state index in [1.807, 2.05) is 25.1 Å². The third-order valence-corrected chi connectivity index (χ3v) is 2.46. The van der Waals surface area contributed by atoms with Gasteiger partial charge in [-0.2, -0.15) is 0 Å². The number of rotatable bonds is 3. The van der Waals surface area contributed by atoms with Gasteiger partial charge in [0.2, 0.25) is 0 Å². The molecule has 1 atom stereocenters. The summed E-state index contributed by atoms with van der Waals surface area (Å²) in [7, 11) is 0. The monoisotopic (exact) mass is 207 g/mol. The first kappa shape index (κ1) is 12.1. The van der Waals surface area contributed by atoms with Crippen LogP contribution in [0.5, 0.6) is 5.75 Å².